The molecule has 3 heterocycles. The number of ether oxygens (including phenoxy) is 1. The standard InChI is InChI=1S/C23H22ClFN6O.BrH/c1-31-12-14(11-28-31)16-9-20-17(10-21(16)32-15-4-6-27-7-5-15)22(26)30-23(29-20)13-2-3-19(25)18(24)8-13;/h2-3,8-12,15,27H,4-7H2,1H3,(H2,26,29,30);1H. The summed E-state index contributed by atoms with van der Waals surface area (Å²) in [6.07, 6.45) is 5.71. The average molecular weight is 534 g/mol. The molecule has 2 aromatic carbocycles. The molecule has 7 nitrogen and oxygen atoms in total. The molecule has 10 heteroatoms. The van der Waals surface area contributed by atoms with Gasteiger partial charge in [0.1, 0.15) is 23.5 Å². The van der Waals surface area contributed by atoms with E-state index < -0.39 is 5.82 Å². The number of rotatable bonds is 4. The molecule has 1 aliphatic rings. The lowest BCUT2D eigenvalue weighted by Gasteiger charge is -2.25. The van der Waals surface area contributed by atoms with Gasteiger partial charge in [-0.15, -0.1) is 17.0 Å². The lowest BCUT2D eigenvalue weighted by Crippen LogP contribution is -2.34. The summed E-state index contributed by atoms with van der Waals surface area (Å²) in [5.74, 6) is 0.924. The van der Waals surface area contributed by atoms with Crippen molar-refractivity contribution in [2.24, 2.45) is 7.05 Å². The largest absolute Gasteiger partial charge is 0.490 e. The minimum Gasteiger partial charge on any atom is -0.490 e. The lowest BCUT2D eigenvalue weighted by molar-refractivity contribution is 0.163. The van der Waals surface area contributed by atoms with Crippen LogP contribution in [0.15, 0.2) is 42.7 Å². The molecule has 33 heavy (non-hydrogen) atoms. The zero-order chi connectivity index (χ0) is 22.2. The number of nitrogens with one attached hydrogen (secondary N) is 1. The van der Waals surface area contributed by atoms with Crippen LogP contribution in [0, 0.1) is 5.82 Å². The van der Waals surface area contributed by atoms with Gasteiger partial charge in [0.05, 0.1) is 16.7 Å². The molecule has 1 aliphatic heterocycles. The Balaban J connectivity index is 0.00000259. The Hall–Kier alpha value is -2.75. The summed E-state index contributed by atoms with van der Waals surface area (Å²) in [5, 5.41) is 8.36. The second-order valence-electron chi connectivity index (χ2n) is 7.90. The zero-order valence-electron chi connectivity index (χ0n) is 17.9. The van der Waals surface area contributed by atoms with Crippen LogP contribution in [0.25, 0.3) is 33.4 Å². The van der Waals surface area contributed by atoms with Crippen molar-refractivity contribution >= 4 is 45.3 Å². The smallest absolute Gasteiger partial charge is 0.162 e. The molecule has 2 aromatic heterocycles. The van der Waals surface area contributed by atoms with Gasteiger partial charge >= 0.3 is 0 Å². The maximum absolute atomic E-state index is 13.6. The number of anilines is 1. The van der Waals surface area contributed by atoms with Crippen LogP contribution in [-0.4, -0.2) is 38.9 Å². The fourth-order valence-corrected chi connectivity index (χ4v) is 4.10. The lowest BCUT2D eigenvalue weighted by atomic mass is 10.0. The van der Waals surface area contributed by atoms with Crippen molar-refractivity contribution in [3.05, 3.63) is 53.6 Å². The molecule has 0 aliphatic carbocycles. The predicted molar refractivity (Wildman–Crippen MR) is 133 cm³/mol. The third kappa shape index (κ3) is 4.80. The molecule has 0 radical (unpaired) electrons. The summed E-state index contributed by atoms with van der Waals surface area (Å²) < 4.78 is 21.8. The van der Waals surface area contributed by atoms with Crippen LogP contribution < -0.4 is 15.8 Å². The van der Waals surface area contributed by atoms with Gasteiger partial charge in [-0.25, -0.2) is 14.4 Å². The highest BCUT2D eigenvalue weighted by Crippen LogP contribution is 2.37. The number of hydrogen-bond donors (Lipinski definition) is 2. The Kier molecular flexibility index (Phi) is 6.83. The third-order valence-electron chi connectivity index (χ3n) is 5.60. The zero-order valence-corrected chi connectivity index (χ0v) is 20.4. The van der Waals surface area contributed by atoms with Crippen molar-refractivity contribution in [2.45, 2.75) is 18.9 Å². The van der Waals surface area contributed by atoms with E-state index in [-0.39, 0.29) is 28.1 Å². The first-order chi connectivity index (χ1) is 15.5. The fourth-order valence-electron chi connectivity index (χ4n) is 3.92. The number of nitrogens with zero attached hydrogens (tertiary/aromatic N) is 4. The Morgan fingerprint density at radius 1 is 1.15 bits per heavy atom. The first-order valence-electron chi connectivity index (χ1n) is 10.4. The van der Waals surface area contributed by atoms with E-state index in [2.05, 4.69) is 15.4 Å². The van der Waals surface area contributed by atoms with Gasteiger partial charge in [-0.3, -0.25) is 4.68 Å². The number of halogens is 3. The van der Waals surface area contributed by atoms with E-state index in [0.717, 1.165) is 42.8 Å². The summed E-state index contributed by atoms with van der Waals surface area (Å²) in [4.78, 5) is 9.13. The molecule has 3 N–H and O–H groups in total. The van der Waals surface area contributed by atoms with Crippen LogP contribution in [-0.2, 0) is 7.05 Å². The number of aryl methyl sites for hydroxylation is 1. The number of nitrogen functional groups attached to an aromatic ring is 1. The van der Waals surface area contributed by atoms with Gasteiger partial charge in [0.2, 0.25) is 0 Å². The number of nitrogens with two attached hydrogens (primary N) is 1. The Bertz CT molecular complexity index is 1310. The maximum atomic E-state index is 13.6. The Morgan fingerprint density at radius 2 is 1.94 bits per heavy atom. The second-order valence-corrected chi connectivity index (χ2v) is 8.30. The molecule has 1 saturated heterocycles. The topological polar surface area (TPSA) is 90.9 Å². The molecule has 0 spiro atoms. The monoisotopic (exact) mass is 532 g/mol. The number of aromatic nitrogens is 4. The molecule has 0 unspecified atom stereocenters. The van der Waals surface area contributed by atoms with Gasteiger partial charge in [-0.05, 0) is 56.3 Å². The molecule has 5 rings (SSSR count). The van der Waals surface area contributed by atoms with Crippen molar-refractivity contribution in [3.63, 3.8) is 0 Å². The molecule has 0 saturated carbocycles. The van der Waals surface area contributed by atoms with Crippen molar-refractivity contribution in [2.75, 3.05) is 18.8 Å². The van der Waals surface area contributed by atoms with Crippen molar-refractivity contribution in [3.8, 4) is 28.3 Å². The minimum absolute atomic E-state index is 0. The number of benzene rings is 2. The predicted octanol–water partition coefficient (Wildman–Crippen LogP) is 4.78. The highest BCUT2D eigenvalue weighted by Gasteiger charge is 2.20. The highest BCUT2D eigenvalue weighted by atomic mass is 79.9. The van der Waals surface area contributed by atoms with Gasteiger partial charge < -0.3 is 15.8 Å². The summed E-state index contributed by atoms with van der Waals surface area (Å²) in [5.41, 5.74) is 9.36. The summed E-state index contributed by atoms with van der Waals surface area (Å²) in [6.45, 7) is 1.85. The van der Waals surface area contributed by atoms with Crippen LogP contribution in [0.3, 0.4) is 0 Å². The van der Waals surface area contributed by atoms with E-state index in [9.17, 15) is 4.39 Å². The van der Waals surface area contributed by atoms with Gasteiger partial charge in [0, 0.05) is 35.3 Å². The van der Waals surface area contributed by atoms with Crippen molar-refractivity contribution < 1.29 is 9.13 Å². The number of hydrogen-bond acceptors (Lipinski definition) is 6. The van der Waals surface area contributed by atoms with E-state index in [1.54, 1.807) is 16.9 Å². The quantitative estimate of drug-likeness (QED) is 0.392. The highest BCUT2D eigenvalue weighted by molar-refractivity contribution is 8.93. The second kappa shape index (κ2) is 9.62. The Labute approximate surface area is 205 Å². The van der Waals surface area contributed by atoms with E-state index in [4.69, 9.17) is 27.1 Å². The van der Waals surface area contributed by atoms with E-state index in [0.29, 0.717) is 28.1 Å². The van der Waals surface area contributed by atoms with E-state index >= 15 is 0 Å². The minimum atomic E-state index is -0.497. The average Bonchev–Trinajstić information content (AvgIpc) is 3.22. The molecule has 0 bridgehead atoms. The molecule has 0 amide bonds. The van der Waals surface area contributed by atoms with Crippen LogP contribution >= 0.6 is 28.6 Å². The van der Waals surface area contributed by atoms with E-state index in [1.807, 2.05) is 25.4 Å². The SMILES string of the molecule is Br.Cn1cc(-c2cc3nc(-c4ccc(F)c(Cl)c4)nc(N)c3cc2OC2CCNCC2)cn1. The molecule has 0 atom stereocenters. The van der Waals surface area contributed by atoms with Gasteiger partial charge in [-0.2, -0.15) is 5.10 Å². The fraction of sp³-hybridized carbons (Fsp3) is 0.261. The van der Waals surface area contributed by atoms with Crippen LogP contribution in [0.5, 0.6) is 5.75 Å². The van der Waals surface area contributed by atoms with Crippen LogP contribution in [0.4, 0.5) is 10.2 Å². The van der Waals surface area contributed by atoms with E-state index in [1.165, 1.54) is 12.1 Å². The normalized spacial score (nSPS) is 14.3. The van der Waals surface area contributed by atoms with Crippen LogP contribution in [0.1, 0.15) is 12.8 Å². The molecule has 1 fully saturated rings. The number of piperidine rings is 1. The third-order valence-corrected chi connectivity index (χ3v) is 5.89. The Morgan fingerprint density at radius 3 is 2.64 bits per heavy atom. The summed E-state index contributed by atoms with van der Waals surface area (Å²) in [7, 11) is 1.87. The molecular weight excluding hydrogens is 511 g/mol. The summed E-state index contributed by atoms with van der Waals surface area (Å²) in [6, 6.07) is 8.21. The molecular formula is C23H23BrClFN6O. The first-order valence-corrected chi connectivity index (χ1v) is 10.8. The molecule has 172 valence electrons. The van der Waals surface area contributed by atoms with Gasteiger partial charge in [-0.1, -0.05) is 11.6 Å². The van der Waals surface area contributed by atoms with Gasteiger partial charge in [0.25, 0.3) is 0 Å². The van der Waals surface area contributed by atoms with Crippen molar-refractivity contribution in [1.29, 1.82) is 0 Å². The first kappa shape index (κ1) is 23.4. The van der Waals surface area contributed by atoms with Gasteiger partial charge in [0.15, 0.2) is 5.82 Å². The maximum Gasteiger partial charge on any atom is 0.162 e. The van der Waals surface area contributed by atoms with Crippen LogP contribution in [0.2, 0.25) is 5.02 Å². The summed E-state index contributed by atoms with van der Waals surface area (Å²) >= 11 is 5.95. The molecule has 4 aromatic rings. The number of fused-ring (bicyclic) bond motifs is 1. The van der Waals surface area contributed by atoms with Crippen molar-refractivity contribution in [1.82, 2.24) is 25.1 Å².